The number of aliphatic hydroxyl groups excluding tert-OH is 1. The van der Waals surface area contributed by atoms with Crippen molar-refractivity contribution >= 4 is 17.6 Å². The molecular weight excluding hydrogens is 276 g/mol. The second kappa shape index (κ2) is 8.28. The Balaban J connectivity index is 2.98. The number of amides is 1. The predicted octanol–water partition coefficient (Wildman–Crippen LogP) is 2.03. The molecule has 0 spiro atoms. The lowest BCUT2D eigenvalue weighted by molar-refractivity contribution is -0.116. The van der Waals surface area contributed by atoms with Gasteiger partial charge in [0.1, 0.15) is 12.4 Å². The van der Waals surface area contributed by atoms with E-state index in [1.165, 1.54) is 0 Å². The third-order valence-electron chi connectivity index (χ3n) is 2.85. The fraction of sp³-hybridized carbons (Fsp3) is 0.643. The minimum atomic E-state index is -0.616. The molecule has 7 heteroatoms. The molecule has 0 aromatic heterocycles. The van der Waals surface area contributed by atoms with E-state index >= 15 is 0 Å². The maximum absolute atomic E-state index is 12.2. The van der Waals surface area contributed by atoms with Gasteiger partial charge in [0.15, 0.2) is 5.78 Å². The molecule has 118 valence electrons. The molecular formula is C14H22N2O5. The molecule has 0 fully saturated rings. The molecule has 0 radical (unpaired) electrons. The molecule has 0 saturated carbocycles. The summed E-state index contributed by atoms with van der Waals surface area (Å²) in [5, 5.41) is 14.0. The van der Waals surface area contributed by atoms with Crippen LogP contribution >= 0.6 is 0 Å². The van der Waals surface area contributed by atoms with Crippen molar-refractivity contribution in [3.63, 3.8) is 0 Å². The zero-order chi connectivity index (χ0) is 15.8. The van der Waals surface area contributed by atoms with E-state index in [9.17, 15) is 14.7 Å². The number of aliphatic hydroxyl groups is 1. The summed E-state index contributed by atoms with van der Waals surface area (Å²) in [6.07, 6.45) is 0.664. The van der Waals surface area contributed by atoms with E-state index < -0.39 is 6.09 Å². The Bertz CT molecular complexity index is 456. The zero-order valence-corrected chi connectivity index (χ0v) is 12.7. The molecule has 1 rings (SSSR count). The van der Waals surface area contributed by atoms with Crippen LogP contribution in [0.3, 0.4) is 0 Å². The number of hydrogen-bond donors (Lipinski definition) is 1. The number of carbonyl (C=O) groups excluding carboxylic acids is 2. The van der Waals surface area contributed by atoms with Gasteiger partial charge < -0.3 is 14.7 Å². The van der Waals surface area contributed by atoms with Gasteiger partial charge in [0, 0.05) is 0 Å². The molecule has 7 nitrogen and oxygen atoms in total. The highest BCUT2D eigenvalue weighted by molar-refractivity contribution is 6.24. The maximum atomic E-state index is 12.2. The number of ether oxygens (including phenoxy) is 1. The summed E-state index contributed by atoms with van der Waals surface area (Å²) in [7, 11) is 0. The summed E-state index contributed by atoms with van der Waals surface area (Å²) in [6.45, 7) is 5.81. The molecule has 0 unspecified atom stereocenters. The zero-order valence-electron chi connectivity index (χ0n) is 12.7. The number of rotatable bonds is 6. The maximum Gasteiger partial charge on any atom is 0.410 e. The van der Waals surface area contributed by atoms with Gasteiger partial charge in [0.2, 0.25) is 0 Å². The Kier molecular flexibility index (Phi) is 6.71. The second-order valence-electron chi connectivity index (χ2n) is 4.51. The number of oxime groups is 1. The van der Waals surface area contributed by atoms with Crippen molar-refractivity contribution in [3.05, 3.63) is 11.3 Å². The van der Waals surface area contributed by atoms with Crippen molar-refractivity contribution in [3.8, 4) is 0 Å². The molecule has 0 aromatic carbocycles. The first kappa shape index (κ1) is 17.0. The molecule has 0 atom stereocenters. The van der Waals surface area contributed by atoms with Gasteiger partial charge in [0.25, 0.3) is 0 Å². The number of nitrogens with zero attached hydrogens (tertiary/aromatic N) is 2. The van der Waals surface area contributed by atoms with E-state index in [0.29, 0.717) is 18.7 Å². The van der Waals surface area contributed by atoms with Gasteiger partial charge in [-0.1, -0.05) is 18.5 Å². The van der Waals surface area contributed by atoms with Crippen LogP contribution in [0.2, 0.25) is 0 Å². The molecule has 1 N–H and O–H groups in total. The van der Waals surface area contributed by atoms with E-state index in [1.54, 1.807) is 13.8 Å². The molecule has 0 aromatic rings. The third-order valence-corrected chi connectivity index (χ3v) is 2.85. The third kappa shape index (κ3) is 4.47. The summed E-state index contributed by atoms with van der Waals surface area (Å²) in [5.74, 6) is -0.537. The van der Waals surface area contributed by atoms with Crippen molar-refractivity contribution in [2.24, 2.45) is 5.16 Å². The summed E-state index contributed by atoms with van der Waals surface area (Å²) in [6, 6.07) is 0. The fourth-order valence-corrected chi connectivity index (χ4v) is 2.00. The Labute approximate surface area is 124 Å². The lowest BCUT2D eigenvalue weighted by atomic mass is 9.97. The Morgan fingerprint density at radius 1 is 1.29 bits per heavy atom. The van der Waals surface area contributed by atoms with Crippen LogP contribution in [0, 0.1) is 0 Å². The van der Waals surface area contributed by atoms with Crippen LogP contribution in [0.15, 0.2) is 16.5 Å². The van der Waals surface area contributed by atoms with Gasteiger partial charge in [-0.05, 0) is 20.3 Å². The van der Waals surface area contributed by atoms with Gasteiger partial charge in [-0.15, -0.1) is 0 Å². The summed E-state index contributed by atoms with van der Waals surface area (Å²) < 4.78 is 4.83. The van der Waals surface area contributed by atoms with Gasteiger partial charge in [0.05, 0.1) is 31.0 Å². The Morgan fingerprint density at radius 2 is 2.00 bits per heavy atom. The molecule has 0 saturated heterocycles. The Hall–Kier alpha value is -2.05. The van der Waals surface area contributed by atoms with E-state index in [4.69, 9.17) is 9.57 Å². The minimum Gasteiger partial charge on any atom is -0.510 e. The topological polar surface area (TPSA) is 88.4 Å². The molecule has 1 amide bonds. The summed E-state index contributed by atoms with van der Waals surface area (Å²) >= 11 is 0. The van der Waals surface area contributed by atoms with Crippen LogP contribution in [-0.2, 0) is 14.4 Å². The van der Waals surface area contributed by atoms with E-state index in [-0.39, 0.29) is 36.8 Å². The standard InChI is InChI=1S/C14H22N2O5/c1-4-7-10(15-21-6-3)13-11(17)8-16(9-12(13)18)14(19)20-5-2/h17H,4-9H2,1-3H3. The quantitative estimate of drug-likeness (QED) is 0.598. The minimum absolute atomic E-state index is 0.0607. The van der Waals surface area contributed by atoms with Gasteiger partial charge in [-0.3, -0.25) is 9.69 Å². The van der Waals surface area contributed by atoms with E-state index in [1.807, 2.05) is 6.92 Å². The van der Waals surface area contributed by atoms with Crippen LogP contribution in [-0.4, -0.2) is 53.9 Å². The van der Waals surface area contributed by atoms with Crippen molar-refractivity contribution in [1.29, 1.82) is 0 Å². The first-order chi connectivity index (χ1) is 10.0. The van der Waals surface area contributed by atoms with Crippen molar-refractivity contribution in [2.45, 2.75) is 33.6 Å². The normalized spacial score (nSPS) is 16.2. The van der Waals surface area contributed by atoms with Crippen LogP contribution in [0.5, 0.6) is 0 Å². The van der Waals surface area contributed by atoms with Gasteiger partial charge in [-0.25, -0.2) is 4.79 Å². The highest BCUT2D eigenvalue weighted by Crippen LogP contribution is 2.18. The number of carbonyl (C=O) groups is 2. The smallest absolute Gasteiger partial charge is 0.410 e. The highest BCUT2D eigenvalue weighted by atomic mass is 16.6. The lowest BCUT2D eigenvalue weighted by Gasteiger charge is -2.26. The van der Waals surface area contributed by atoms with Crippen LogP contribution in [0.25, 0.3) is 0 Å². The summed E-state index contributed by atoms with van der Waals surface area (Å²) in [5.41, 5.74) is 0.580. The van der Waals surface area contributed by atoms with Gasteiger partial charge >= 0.3 is 6.09 Å². The number of hydrogen-bond acceptors (Lipinski definition) is 6. The molecule has 1 aliphatic rings. The van der Waals surface area contributed by atoms with Crippen molar-refractivity contribution < 1.29 is 24.3 Å². The van der Waals surface area contributed by atoms with E-state index in [0.717, 1.165) is 11.3 Å². The highest BCUT2D eigenvalue weighted by Gasteiger charge is 2.32. The number of Topliss-reactive ketones (excluding diaryl/α,β-unsaturated/α-hetero) is 1. The SMILES string of the molecule is CCCC(=NOCC)C1=C(O)CN(C(=O)OCC)CC1=O. The van der Waals surface area contributed by atoms with Crippen molar-refractivity contribution in [1.82, 2.24) is 4.90 Å². The Morgan fingerprint density at radius 3 is 2.52 bits per heavy atom. The molecule has 21 heavy (non-hydrogen) atoms. The first-order valence-electron chi connectivity index (χ1n) is 7.11. The predicted molar refractivity (Wildman–Crippen MR) is 77.2 cm³/mol. The molecule has 0 aliphatic carbocycles. The molecule has 1 aliphatic heterocycles. The fourth-order valence-electron chi connectivity index (χ4n) is 2.00. The first-order valence-corrected chi connectivity index (χ1v) is 7.11. The van der Waals surface area contributed by atoms with E-state index in [2.05, 4.69) is 5.16 Å². The monoisotopic (exact) mass is 298 g/mol. The van der Waals surface area contributed by atoms with Gasteiger partial charge in [-0.2, -0.15) is 0 Å². The second-order valence-corrected chi connectivity index (χ2v) is 4.51. The van der Waals surface area contributed by atoms with Crippen LogP contribution in [0.4, 0.5) is 4.79 Å². The lowest BCUT2D eigenvalue weighted by Crippen LogP contribution is -2.43. The largest absolute Gasteiger partial charge is 0.510 e. The average Bonchev–Trinajstić information content (AvgIpc) is 2.44. The van der Waals surface area contributed by atoms with Crippen LogP contribution < -0.4 is 0 Å². The van der Waals surface area contributed by atoms with Crippen molar-refractivity contribution in [2.75, 3.05) is 26.3 Å². The van der Waals surface area contributed by atoms with Crippen LogP contribution in [0.1, 0.15) is 33.6 Å². The molecule has 1 heterocycles. The number of ketones is 1. The summed E-state index contributed by atoms with van der Waals surface area (Å²) in [4.78, 5) is 30.0. The average molecular weight is 298 g/mol. The molecule has 0 bridgehead atoms.